The van der Waals surface area contributed by atoms with Gasteiger partial charge in [-0.3, -0.25) is 4.79 Å². The molecule has 0 atom stereocenters. The summed E-state index contributed by atoms with van der Waals surface area (Å²) in [5, 5.41) is 0. The molecule has 0 aromatic heterocycles. The molecule has 134 valence electrons. The largest absolute Gasteiger partial charge is 0.493 e. The molecule has 0 N–H and O–H groups in total. The molecule has 0 aliphatic rings. The zero-order valence-electron chi connectivity index (χ0n) is 15.3. The van der Waals surface area contributed by atoms with Crippen LogP contribution in [-0.2, 0) is 4.79 Å². The first kappa shape index (κ1) is 18.6. The maximum absolute atomic E-state index is 11.8. The molecule has 0 heterocycles. The Hall–Kier alpha value is -2.69. The lowest BCUT2D eigenvalue weighted by Crippen LogP contribution is -2.07. The average molecular weight is 344 g/mol. The zero-order chi connectivity index (χ0) is 18.4. The van der Waals surface area contributed by atoms with Crippen molar-refractivity contribution in [3.05, 3.63) is 47.5 Å². The van der Waals surface area contributed by atoms with Gasteiger partial charge in [0.25, 0.3) is 0 Å². The molecule has 0 bridgehead atoms. The van der Waals surface area contributed by atoms with Crippen molar-refractivity contribution in [2.24, 2.45) is 0 Å². The summed E-state index contributed by atoms with van der Waals surface area (Å²) in [4.78, 5) is 11.8. The highest BCUT2D eigenvalue weighted by Crippen LogP contribution is 2.38. The van der Waals surface area contributed by atoms with Crippen molar-refractivity contribution in [3.8, 4) is 23.0 Å². The van der Waals surface area contributed by atoms with E-state index >= 15 is 0 Å². The first-order chi connectivity index (χ1) is 12.0. The minimum atomic E-state index is -0.114. The van der Waals surface area contributed by atoms with E-state index in [0.29, 0.717) is 29.4 Å². The number of rotatable bonds is 8. The third-order valence-electron chi connectivity index (χ3n) is 4.11. The lowest BCUT2D eigenvalue weighted by molar-refractivity contribution is -0.117. The van der Waals surface area contributed by atoms with Crippen molar-refractivity contribution in [1.82, 2.24) is 0 Å². The van der Waals surface area contributed by atoms with E-state index in [9.17, 15) is 4.79 Å². The van der Waals surface area contributed by atoms with Crippen LogP contribution < -0.4 is 18.9 Å². The molecule has 0 fully saturated rings. The summed E-state index contributed by atoms with van der Waals surface area (Å²) in [6.07, 6.45) is 0.380. The highest BCUT2D eigenvalue weighted by molar-refractivity contribution is 5.77. The van der Waals surface area contributed by atoms with Gasteiger partial charge in [0.05, 0.1) is 28.4 Å². The predicted octanol–water partition coefficient (Wildman–Crippen LogP) is 3.83. The highest BCUT2D eigenvalue weighted by Gasteiger charge is 2.20. The van der Waals surface area contributed by atoms with Gasteiger partial charge in [0.15, 0.2) is 23.0 Å². The van der Waals surface area contributed by atoms with E-state index < -0.39 is 0 Å². The van der Waals surface area contributed by atoms with Crippen LogP contribution in [0.2, 0.25) is 0 Å². The predicted molar refractivity (Wildman–Crippen MR) is 96.2 cm³/mol. The fourth-order valence-electron chi connectivity index (χ4n) is 2.85. The smallest absolute Gasteiger partial charge is 0.161 e. The second-order valence-electron chi connectivity index (χ2n) is 5.69. The van der Waals surface area contributed by atoms with Crippen LogP contribution in [0.5, 0.6) is 23.0 Å². The van der Waals surface area contributed by atoms with E-state index in [4.69, 9.17) is 18.9 Å². The van der Waals surface area contributed by atoms with Crippen LogP contribution in [0.1, 0.15) is 30.4 Å². The van der Waals surface area contributed by atoms with Crippen LogP contribution in [0.25, 0.3) is 0 Å². The molecule has 0 saturated carbocycles. The number of benzene rings is 2. The Morgan fingerprint density at radius 2 is 1.16 bits per heavy atom. The fourth-order valence-corrected chi connectivity index (χ4v) is 2.85. The van der Waals surface area contributed by atoms with Crippen molar-refractivity contribution >= 4 is 5.78 Å². The zero-order valence-corrected chi connectivity index (χ0v) is 15.3. The van der Waals surface area contributed by atoms with Gasteiger partial charge in [0, 0.05) is 12.3 Å². The molecule has 0 unspecified atom stereocenters. The molecule has 2 aromatic carbocycles. The molecule has 0 aliphatic carbocycles. The van der Waals surface area contributed by atoms with Gasteiger partial charge < -0.3 is 18.9 Å². The van der Waals surface area contributed by atoms with E-state index in [1.54, 1.807) is 35.4 Å². The van der Waals surface area contributed by atoms with Gasteiger partial charge in [-0.2, -0.15) is 0 Å². The summed E-state index contributed by atoms with van der Waals surface area (Å²) in [7, 11) is 6.38. The standard InChI is InChI=1S/C20H24O5/c1-13(21)10-16(14-6-8-17(22-2)19(11-14)24-4)15-7-9-18(23-3)20(12-15)25-5/h6-9,11-12,16H,10H2,1-5H3. The van der Waals surface area contributed by atoms with Crippen LogP contribution >= 0.6 is 0 Å². The van der Waals surface area contributed by atoms with Crippen LogP contribution in [0.3, 0.4) is 0 Å². The Morgan fingerprint density at radius 1 is 0.760 bits per heavy atom. The monoisotopic (exact) mass is 344 g/mol. The highest BCUT2D eigenvalue weighted by atomic mass is 16.5. The van der Waals surface area contributed by atoms with Gasteiger partial charge in [-0.25, -0.2) is 0 Å². The SMILES string of the molecule is COc1ccc(C(CC(C)=O)c2ccc(OC)c(OC)c2)cc1OC. The normalized spacial score (nSPS) is 10.5. The first-order valence-electron chi connectivity index (χ1n) is 7.97. The van der Waals surface area contributed by atoms with Crippen molar-refractivity contribution in [2.75, 3.05) is 28.4 Å². The van der Waals surface area contributed by atoms with Gasteiger partial charge in [-0.1, -0.05) is 12.1 Å². The maximum atomic E-state index is 11.8. The minimum absolute atomic E-state index is 0.106. The third-order valence-corrected chi connectivity index (χ3v) is 4.11. The van der Waals surface area contributed by atoms with Crippen LogP contribution in [0, 0.1) is 0 Å². The molecule has 2 rings (SSSR count). The van der Waals surface area contributed by atoms with Crippen molar-refractivity contribution < 1.29 is 23.7 Å². The fraction of sp³-hybridized carbons (Fsp3) is 0.350. The summed E-state index contributed by atoms with van der Waals surface area (Å²) in [5.41, 5.74) is 1.94. The average Bonchev–Trinajstić information content (AvgIpc) is 2.64. The lowest BCUT2D eigenvalue weighted by atomic mass is 9.87. The van der Waals surface area contributed by atoms with Gasteiger partial charge in [0.1, 0.15) is 5.78 Å². The van der Waals surface area contributed by atoms with Crippen LogP contribution in [-0.4, -0.2) is 34.2 Å². The Morgan fingerprint density at radius 3 is 1.48 bits per heavy atom. The summed E-state index contributed by atoms with van der Waals surface area (Å²) in [6, 6.07) is 11.4. The Bertz CT molecular complexity index is 683. The minimum Gasteiger partial charge on any atom is -0.493 e. The molecular formula is C20H24O5. The molecule has 0 spiro atoms. The Labute approximate surface area is 148 Å². The molecule has 5 nitrogen and oxygen atoms in total. The third kappa shape index (κ3) is 4.24. The second kappa shape index (κ2) is 8.42. The summed E-state index contributed by atoms with van der Waals surface area (Å²) in [5.74, 6) is 2.56. The lowest BCUT2D eigenvalue weighted by Gasteiger charge is -2.20. The van der Waals surface area contributed by atoms with Crippen LogP contribution in [0.15, 0.2) is 36.4 Å². The quantitative estimate of drug-likeness (QED) is 0.728. The Kier molecular flexibility index (Phi) is 6.28. The number of methoxy groups -OCH3 is 4. The first-order valence-corrected chi connectivity index (χ1v) is 7.97. The number of ether oxygens (including phenoxy) is 4. The molecular weight excluding hydrogens is 320 g/mol. The summed E-state index contributed by atoms with van der Waals surface area (Å²) >= 11 is 0. The van der Waals surface area contributed by atoms with E-state index in [1.165, 1.54) is 0 Å². The van der Waals surface area contributed by atoms with E-state index in [-0.39, 0.29) is 11.7 Å². The molecule has 2 aromatic rings. The number of carbonyl (C=O) groups is 1. The van der Waals surface area contributed by atoms with Crippen LogP contribution in [0.4, 0.5) is 0 Å². The maximum Gasteiger partial charge on any atom is 0.161 e. The van der Waals surface area contributed by atoms with Gasteiger partial charge >= 0.3 is 0 Å². The van der Waals surface area contributed by atoms with Crippen molar-refractivity contribution in [1.29, 1.82) is 0 Å². The van der Waals surface area contributed by atoms with E-state index in [1.807, 2.05) is 36.4 Å². The molecule has 0 saturated heterocycles. The molecule has 25 heavy (non-hydrogen) atoms. The number of Topliss-reactive ketones (excluding diaryl/α,β-unsaturated/α-hetero) is 1. The van der Waals surface area contributed by atoms with Crippen molar-refractivity contribution in [3.63, 3.8) is 0 Å². The molecule has 0 amide bonds. The molecule has 0 radical (unpaired) electrons. The van der Waals surface area contributed by atoms with E-state index in [0.717, 1.165) is 11.1 Å². The second-order valence-corrected chi connectivity index (χ2v) is 5.69. The molecule has 5 heteroatoms. The summed E-state index contributed by atoms with van der Waals surface area (Å²) < 4.78 is 21.4. The Balaban J connectivity index is 2.51. The number of hydrogen-bond acceptors (Lipinski definition) is 5. The van der Waals surface area contributed by atoms with Gasteiger partial charge in [0.2, 0.25) is 0 Å². The topological polar surface area (TPSA) is 54.0 Å². The van der Waals surface area contributed by atoms with Crippen molar-refractivity contribution in [2.45, 2.75) is 19.3 Å². The number of carbonyl (C=O) groups excluding carboxylic acids is 1. The number of hydrogen-bond donors (Lipinski definition) is 0. The van der Waals surface area contributed by atoms with Gasteiger partial charge in [-0.05, 0) is 42.3 Å². The van der Waals surface area contributed by atoms with Gasteiger partial charge in [-0.15, -0.1) is 0 Å². The molecule has 0 aliphatic heterocycles. The summed E-state index contributed by atoms with van der Waals surface area (Å²) in [6.45, 7) is 1.59. The van der Waals surface area contributed by atoms with E-state index in [2.05, 4.69) is 0 Å². The number of ketones is 1.